The first kappa shape index (κ1) is 19.8. The molecule has 6 nitrogen and oxygen atoms in total. The van der Waals surface area contributed by atoms with Crippen LogP contribution < -0.4 is 10.6 Å². The lowest BCUT2D eigenvalue weighted by Crippen LogP contribution is -2.63. The Kier molecular flexibility index (Phi) is 11.4. The number of hydrogen-bond donors (Lipinski definition) is 2. The second kappa shape index (κ2) is 10.4. The van der Waals surface area contributed by atoms with Crippen molar-refractivity contribution >= 4 is 36.8 Å². The fourth-order valence-electron chi connectivity index (χ4n) is 1.59. The van der Waals surface area contributed by atoms with Gasteiger partial charge in [-0.3, -0.25) is 9.59 Å². The topological polar surface area (TPSA) is 76.7 Å². The van der Waals surface area contributed by atoms with Gasteiger partial charge in [-0.25, -0.2) is 0 Å². The normalized spacial score (nSPS) is 22.1. The Morgan fingerprint density at radius 3 is 1.56 bits per heavy atom. The van der Waals surface area contributed by atoms with Crippen LogP contribution in [0.4, 0.5) is 0 Å². The number of piperazine rings is 1. The lowest BCUT2D eigenvalue weighted by molar-refractivity contribution is -0.155. The molecule has 0 aromatic rings. The lowest BCUT2D eigenvalue weighted by atomic mass is 10.1. The van der Waals surface area contributed by atoms with Gasteiger partial charge in [0.25, 0.3) is 0 Å². The summed E-state index contributed by atoms with van der Waals surface area (Å²) in [5, 5.41) is 5.91. The molecule has 0 aliphatic carbocycles. The van der Waals surface area contributed by atoms with E-state index < -0.39 is 24.0 Å². The Labute approximate surface area is 119 Å². The minimum absolute atomic E-state index is 0. The van der Waals surface area contributed by atoms with Crippen molar-refractivity contribution in [1.82, 2.24) is 10.6 Å². The van der Waals surface area contributed by atoms with E-state index in [0.29, 0.717) is 26.3 Å². The predicted molar refractivity (Wildman–Crippen MR) is 71.3 cm³/mol. The molecule has 0 bridgehead atoms. The van der Waals surface area contributed by atoms with Gasteiger partial charge < -0.3 is 20.1 Å². The Morgan fingerprint density at radius 1 is 0.944 bits per heavy atom. The largest absolute Gasteiger partial charge is 0.465 e. The minimum atomic E-state index is -0.659. The lowest BCUT2D eigenvalue weighted by Gasteiger charge is -2.30. The summed E-state index contributed by atoms with van der Waals surface area (Å²) < 4.78 is 9.78. The third-order valence-corrected chi connectivity index (χ3v) is 2.27. The van der Waals surface area contributed by atoms with Gasteiger partial charge in [-0.2, -0.15) is 0 Å². The van der Waals surface area contributed by atoms with Gasteiger partial charge in [-0.15, -0.1) is 24.8 Å². The molecule has 108 valence electrons. The second-order valence-electron chi connectivity index (χ2n) is 3.37. The van der Waals surface area contributed by atoms with Crippen molar-refractivity contribution in [2.45, 2.75) is 25.9 Å². The molecule has 8 heteroatoms. The molecule has 1 rings (SSSR count). The Hall–Kier alpha value is -0.560. The highest BCUT2D eigenvalue weighted by Crippen LogP contribution is 2.03. The van der Waals surface area contributed by atoms with E-state index in [1.807, 2.05) is 0 Å². The second-order valence-corrected chi connectivity index (χ2v) is 3.37. The fourth-order valence-corrected chi connectivity index (χ4v) is 1.59. The molecule has 0 spiro atoms. The van der Waals surface area contributed by atoms with Crippen LogP contribution in [0, 0.1) is 0 Å². The van der Waals surface area contributed by atoms with Gasteiger partial charge in [-0.1, -0.05) is 0 Å². The number of carbonyl (C=O) groups excluding carboxylic acids is 2. The number of carbonyl (C=O) groups is 2. The molecule has 2 N–H and O–H groups in total. The van der Waals surface area contributed by atoms with Crippen LogP contribution in [-0.2, 0) is 19.1 Å². The number of rotatable bonds is 4. The third-order valence-electron chi connectivity index (χ3n) is 2.27. The van der Waals surface area contributed by atoms with Crippen molar-refractivity contribution in [3.05, 3.63) is 0 Å². The standard InChI is InChI=1S/C10H18N2O4.2ClH/c1-3-15-9(13)7-8(10(14)16-4-2)12-6-5-11-7;;/h7-8,11-12H,3-6H2,1-2H3;2*1H/t7-,8+;;. The van der Waals surface area contributed by atoms with Crippen molar-refractivity contribution in [2.75, 3.05) is 26.3 Å². The zero-order valence-electron chi connectivity index (χ0n) is 10.4. The average Bonchev–Trinajstić information content (AvgIpc) is 2.30. The molecule has 0 aromatic carbocycles. The molecule has 1 aliphatic rings. The minimum Gasteiger partial charge on any atom is -0.465 e. The third kappa shape index (κ3) is 5.39. The molecular weight excluding hydrogens is 283 g/mol. The summed E-state index contributed by atoms with van der Waals surface area (Å²) in [5.74, 6) is -0.847. The molecule has 0 unspecified atom stereocenters. The molecule has 1 heterocycles. The van der Waals surface area contributed by atoms with Crippen LogP contribution in [0.15, 0.2) is 0 Å². The molecule has 18 heavy (non-hydrogen) atoms. The molecule has 1 fully saturated rings. The highest BCUT2D eigenvalue weighted by molar-refractivity contribution is 5.87. The SMILES string of the molecule is CCOC(=O)[C@H]1NCCN[C@H]1C(=O)OCC.Cl.Cl. The zero-order valence-corrected chi connectivity index (χ0v) is 12.1. The molecule has 1 aliphatic heterocycles. The van der Waals surface area contributed by atoms with Crippen LogP contribution in [0.2, 0.25) is 0 Å². The van der Waals surface area contributed by atoms with Gasteiger partial charge in [0.1, 0.15) is 12.1 Å². The molecule has 0 saturated carbocycles. The van der Waals surface area contributed by atoms with E-state index in [1.54, 1.807) is 13.8 Å². The maximum atomic E-state index is 11.6. The quantitative estimate of drug-likeness (QED) is 0.706. The molecule has 2 atom stereocenters. The van der Waals surface area contributed by atoms with Gasteiger partial charge in [0.15, 0.2) is 0 Å². The van der Waals surface area contributed by atoms with Crippen molar-refractivity contribution in [1.29, 1.82) is 0 Å². The highest BCUT2D eigenvalue weighted by atomic mass is 35.5. The summed E-state index contributed by atoms with van der Waals surface area (Å²) in [7, 11) is 0. The molecular formula is C10H20Cl2N2O4. The number of nitrogens with one attached hydrogen (secondary N) is 2. The number of esters is 2. The Balaban J connectivity index is 0. The van der Waals surface area contributed by atoms with Crippen LogP contribution in [0.1, 0.15) is 13.8 Å². The van der Waals surface area contributed by atoms with Crippen LogP contribution in [-0.4, -0.2) is 50.3 Å². The van der Waals surface area contributed by atoms with Gasteiger partial charge in [0.05, 0.1) is 13.2 Å². The summed E-state index contributed by atoms with van der Waals surface area (Å²) in [6.07, 6.45) is 0. The Morgan fingerprint density at radius 2 is 1.28 bits per heavy atom. The molecule has 1 saturated heterocycles. The first-order valence-corrected chi connectivity index (χ1v) is 5.50. The van der Waals surface area contributed by atoms with E-state index in [2.05, 4.69) is 10.6 Å². The maximum absolute atomic E-state index is 11.6. The van der Waals surface area contributed by atoms with E-state index in [1.165, 1.54) is 0 Å². The zero-order chi connectivity index (χ0) is 12.0. The highest BCUT2D eigenvalue weighted by Gasteiger charge is 2.37. The van der Waals surface area contributed by atoms with Crippen LogP contribution in [0.5, 0.6) is 0 Å². The van der Waals surface area contributed by atoms with Crippen molar-refractivity contribution in [2.24, 2.45) is 0 Å². The summed E-state index contributed by atoms with van der Waals surface area (Å²) in [6, 6.07) is -1.32. The van der Waals surface area contributed by atoms with Crippen molar-refractivity contribution < 1.29 is 19.1 Å². The van der Waals surface area contributed by atoms with Crippen molar-refractivity contribution in [3.63, 3.8) is 0 Å². The van der Waals surface area contributed by atoms with Crippen LogP contribution >= 0.6 is 24.8 Å². The van der Waals surface area contributed by atoms with Crippen LogP contribution in [0.25, 0.3) is 0 Å². The van der Waals surface area contributed by atoms with E-state index >= 15 is 0 Å². The van der Waals surface area contributed by atoms with E-state index in [4.69, 9.17) is 9.47 Å². The van der Waals surface area contributed by atoms with Gasteiger partial charge in [0.2, 0.25) is 0 Å². The Bertz CT molecular complexity index is 240. The average molecular weight is 303 g/mol. The first-order valence-electron chi connectivity index (χ1n) is 5.50. The molecule has 0 amide bonds. The fraction of sp³-hybridized carbons (Fsp3) is 0.800. The molecule has 0 aromatic heterocycles. The van der Waals surface area contributed by atoms with Gasteiger partial charge >= 0.3 is 11.9 Å². The summed E-state index contributed by atoms with van der Waals surface area (Å²) >= 11 is 0. The van der Waals surface area contributed by atoms with Gasteiger partial charge in [-0.05, 0) is 13.8 Å². The summed E-state index contributed by atoms with van der Waals surface area (Å²) in [5.41, 5.74) is 0. The van der Waals surface area contributed by atoms with E-state index in [-0.39, 0.29) is 24.8 Å². The number of halogens is 2. The summed E-state index contributed by atoms with van der Waals surface area (Å²) in [6.45, 7) is 5.30. The van der Waals surface area contributed by atoms with E-state index in [0.717, 1.165) is 0 Å². The first-order chi connectivity index (χ1) is 7.70. The van der Waals surface area contributed by atoms with E-state index in [9.17, 15) is 9.59 Å². The monoisotopic (exact) mass is 302 g/mol. The predicted octanol–water partition coefficient (Wildman–Crippen LogP) is -0.114. The maximum Gasteiger partial charge on any atom is 0.325 e. The van der Waals surface area contributed by atoms with Crippen molar-refractivity contribution in [3.8, 4) is 0 Å². The van der Waals surface area contributed by atoms with Crippen LogP contribution in [0.3, 0.4) is 0 Å². The number of ether oxygens (including phenoxy) is 2. The smallest absolute Gasteiger partial charge is 0.325 e. The number of hydrogen-bond acceptors (Lipinski definition) is 6. The molecule has 0 radical (unpaired) electrons. The van der Waals surface area contributed by atoms with Gasteiger partial charge in [0, 0.05) is 13.1 Å². The summed E-state index contributed by atoms with van der Waals surface area (Å²) in [4.78, 5) is 23.2.